The Balaban J connectivity index is 1.55. The van der Waals surface area contributed by atoms with Crippen LogP contribution in [0.5, 0.6) is 0 Å². The van der Waals surface area contributed by atoms with Gasteiger partial charge in [-0.15, -0.1) is 0 Å². The summed E-state index contributed by atoms with van der Waals surface area (Å²) >= 11 is 0. The van der Waals surface area contributed by atoms with E-state index in [4.69, 9.17) is 9.88 Å². The summed E-state index contributed by atoms with van der Waals surface area (Å²) < 4.78 is 29.6. The number of amides is 1. The summed E-state index contributed by atoms with van der Waals surface area (Å²) in [4.78, 5) is 17.4. The molecule has 1 aliphatic carbocycles. The number of nitrogens with zero attached hydrogens (tertiary/aromatic N) is 2. The second-order valence-corrected chi connectivity index (χ2v) is 9.58. The zero-order chi connectivity index (χ0) is 19.3. The number of rotatable bonds is 3. The van der Waals surface area contributed by atoms with Gasteiger partial charge in [0, 0.05) is 31.2 Å². The van der Waals surface area contributed by atoms with Crippen LogP contribution in [0.3, 0.4) is 0 Å². The number of carbonyl (C=O) groups is 1. The first-order valence-corrected chi connectivity index (χ1v) is 11.1. The molecule has 1 aromatic rings. The van der Waals surface area contributed by atoms with Gasteiger partial charge in [-0.1, -0.05) is 0 Å². The van der Waals surface area contributed by atoms with Crippen molar-refractivity contribution in [1.82, 2.24) is 9.80 Å². The molecular weight excluding hydrogens is 366 g/mol. The molecule has 3 aliphatic rings. The Hall–Kier alpha value is -1.48. The number of hydrogen-bond donors (Lipinski definition) is 1. The zero-order valence-corrected chi connectivity index (χ0v) is 16.7. The van der Waals surface area contributed by atoms with Crippen LogP contribution in [0.4, 0.5) is 0 Å². The predicted octanol–water partition coefficient (Wildman–Crippen LogP) is 0.886. The monoisotopic (exact) mass is 393 g/mol. The molecule has 148 valence electrons. The molecule has 7 nitrogen and oxygen atoms in total. The number of nitrogens with two attached hydrogens (primary N) is 1. The fourth-order valence-corrected chi connectivity index (χ4v) is 5.25. The molecule has 8 heteroatoms. The lowest BCUT2D eigenvalue weighted by Crippen LogP contribution is -2.63. The zero-order valence-electron chi connectivity index (χ0n) is 15.8. The number of ether oxygens (including phenoxy) is 1. The van der Waals surface area contributed by atoms with E-state index in [9.17, 15) is 13.2 Å². The topological polar surface area (TPSA) is 92.9 Å². The standard InChI is InChI=1S/C19H27N3O4S/c1-12-7-15(8-18(13(12)2)27(20,24)25)19(23)21-5-6-22-16(9-21)10-26-11-17(22)14-3-4-14/h7-8,14,16-17H,3-6,9-11H2,1-2H3,(H2,20,24,25)/t16-,17-/m1/s1. The van der Waals surface area contributed by atoms with E-state index in [-0.39, 0.29) is 16.8 Å². The summed E-state index contributed by atoms with van der Waals surface area (Å²) in [6, 6.07) is 3.86. The lowest BCUT2D eigenvalue weighted by Gasteiger charge is -2.48. The van der Waals surface area contributed by atoms with Gasteiger partial charge in [-0.05, 0) is 55.9 Å². The number of morpholine rings is 1. The minimum atomic E-state index is -3.87. The van der Waals surface area contributed by atoms with Crippen LogP contribution < -0.4 is 5.14 Å². The van der Waals surface area contributed by atoms with Crippen molar-refractivity contribution in [3.05, 3.63) is 28.8 Å². The average Bonchev–Trinajstić information content (AvgIpc) is 3.46. The van der Waals surface area contributed by atoms with Crippen molar-refractivity contribution in [2.75, 3.05) is 32.8 Å². The maximum atomic E-state index is 13.1. The first kappa shape index (κ1) is 18.9. The highest BCUT2D eigenvalue weighted by molar-refractivity contribution is 7.89. The molecule has 4 rings (SSSR count). The van der Waals surface area contributed by atoms with Gasteiger partial charge in [0.1, 0.15) is 0 Å². The summed E-state index contributed by atoms with van der Waals surface area (Å²) in [6.07, 6.45) is 2.55. The molecule has 1 saturated carbocycles. The van der Waals surface area contributed by atoms with Crippen LogP contribution in [-0.4, -0.2) is 69.1 Å². The molecule has 2 saturated heterocycles. The SMILES string of the molecule is Cc1cc(C(=O)N2CCN3[C@@H](COC[C@@H]3C3CC3)C2)cc(S(N)(=O)=O)c1C. The second-order valence-electron chi connectivity index (χ2n) is 8.05. The summed E-state index contributed by atoms with van der Waals surface area (Å²) in [5, 5.41) is 5.33. The Labute approximate surface area is 160 Å². The van der Waals surface area contributed by atoms with Crippen molar-refractivity contribution in [3.63, 3.8) is 0 Å². The normalized spacial score (nSPS) is 26.7. The molecule has 0 unspecified atom stereocenters. The van der Waals surface area contributed by atoms with Gasteiger partial charge in [0.15, 0.2) is 0 Å². The van der Waals surface area contributed by atoms with Crippen LogP contribution in [0.1, 0.15) is 34.3 Å². The molecule has 1 amide bonds. The van der Waals surface area contributed by atoms with Gasteiger partial charge in [0.25, 0.3) is 5.91 Å². The van der Waals surface area contributed by atoms with E-state index in [0.29, 0.717) is 36.9 Å². The largest absolute Gasteiger partial charge is 0.378 e. The van der Waals surface area contributed by atoms with Crippen LogP contribution in [0.2, 0.25) is 0 Å². The molecule has 0 spiro atoms. The van der Waals surface area contributed by atoms with Gasteiger partial charge in [-0.25, -0.2) is 13.6 Å². The van der Waals surface area contributed by atoms with Crippen LogP contribution in [0, 0.1) is 19.8 Å². The van der Waals surface area contributed by atoms with Gasteiger partial charge in [0.05, 0.1) is 24.2 Å². The molecule has 2 heterocycles. The Kier molecular flexibility index (Phi) is 4.78. The molecule has 27 heavy (non-hydrogen) atoms. The molecule has 2 N–H and O–H groups in total. The van der Waals surface area contributed by atoms with Crippen molar-refractivity contribution in [3.8, 4) is 0 Å². The van der Waals surface area contributed by atoms with E-state index in [2.05, 4.69) is 4.90 Å². The average molecular weight is 394 g/mol. The second kappa shape index (κ2) is 6.84. The van der Waals surface area contributed by atoms with Gasteiger partial charge < -0.3 is 9.64 Å². The number of aryl methyl sites for hydroxylation is 1. The Morgan fingerprint density at radius 1 is 1.19 bits per heavy atom. The van der Waals surface area contributed by atoms with E-state index < -0.39 is 10.0 Å². The number of benzene rings is 1. The Morgan fingerprint density at radius 3 is 2.59 bits per heavy atom. The van der Waals surface area contributed by atoms with E-state index in [1.54, 1.807) is 19.9 Å². The first-order chi connectivity index (χ1) is 12.8. The maximum Gasteiger partial charge on any atom is 0.254 e. The molecule has 2 aliphatic heterocycles. The molecular formula is C19H27N3O4S. The van der Waals surface area contributed by atoms with Gasteiger partial charge in [-0.3, -0.25) is 9.69 Å². The molecule has 1 aromatic carbocycles. The lowest BCUT2D eigenvalue weighted by atomic mass is 10.0. The molecule has 0 radical (unpaired) electrons. The van der Waals surface area contributed by atoms with Gasteiger partial charge in [-0.2, -0.15) is 0 Å². The smallest absolute Gasteiger partial charge is 0.254 e. The minimum Gasteiger partial charge on any atom is -0.378 e. The molecule has 0 aromatic heterocycles. The van der Waals surface area contributed by atoms with Crippen molar-refractivity contribution >= 4 is 15.9 Å². The van der Waals surface area contributed by atoms with Crippen LogP contribution >= 0.6 is 0 Å². The highest BCUT2D eigenvalue weighted by atomic mass is 32.2. The fraction of sp³-hybridized carbons (Fsp3) is 0.632. The number of sulfonamides is 1. The van der Waals surface area contributed by atoms with Crippen molar-refractivity contribution < 1.29 is 17.9 Å². The first-order valence-electron chi connectivity index (χ1n) is 9.52. The van der Waals surface area contributed by atoms with E-state index in [1.807, 2.05) is 4.90 Å². The summed E-state index contributed by atoms with van der Waals surface area (Å²) in [7, 11) is -3.87. The third-order valence-electron chi connectivity index (χ3n) is 6.18. The molecule has 2 atom stereocenters. The molecule has 3 fully saturated rings. The van der Waals surface area contributed by atoms with Crippen molar-refractivity contribution in [1.29, 1.82) is 0 Å². The van der Waals surface area contributed by atoms with E-state index >= 15 is 0 Å². The summed E-state index contributed by atoms with van der Waals surface area (Å²) in [6.45, 7) is 7.05. The highest BCUT2D eigenvalue weighted by Crippen LogP contribution is 2.38. The lowest BCUT2D eigenvalue weighted by molar-refractivity contribution is -0.0816. The maximum absolute atomic E-state index is 13.1. The van der Waals surface area contributed by atoms with Crippen molar-refractivity contribution in [2.45, 2.75) is 43.7 Å². The van der Waals surface area contributed by atoms with Crippen LogP contribution in [0.25, 0.3) is 0 Å². The molecule has 0 bridgehead atoms. The minimum absolute atomic E-state index is 0.0271. The highest BCUT2D eigenvalue weighted by Gasteiger charge is 2.43. The third kappa shape index (κ3) is 3.63. The van der Waals surface area contributed by atoms with E-state index in [0.717, 1.165) is 24.6 Å². The van der Waals surface area contributed by atoms with E-state index in [1.165, 1.54) is 18.9 Å². The number of fused-ring (bicyclic) bond motifs is 1. The van der Waals surface area contributed by atoms with Crippen LogP contribution in [-0.2, 0) is 14.8 Å². The fourth-order valence-electron chi connectivity index (χ4n) is 4.38. The predicted molar refractivity (Wildman–Crippen MR) is 101 cm³/mol. The summed E-state index contributed by atoms with van der Waals surface area (Å²) in [5.41, 5.74) is 1.72. The quantitative estimate of drug-likeness (QED) is 0.823. The Bertz CT molecular complexity index is 866. The Morgan fingerprint density at radius 2 is 1.93 bits per heavy atom. The van der Waals surface area contributed by atoms with Gasteiger partial charge in [0.2, 0.25) is 10.0 Å². The van der Waals surface area contributed by atoms with Gasteiger partial charge >= 0.3 is 0 Å². The van der Waals surface area contributed by atoms with Crippen molar-refractivity contribution in [2.24, 2.45) is 11.1 Å². The number of primary sulfonamides is 1. The van der Waals surface area contributed by atoms with Crippen LogP contribution in [0.15, 0.2) is 17.0 Å². The summed E-state index contributed by atoms with van der Waals surface area (Å²) in [5.74, 6) is 0.600. The number of piperazine rings is 1. The third-order valence-corrected chi connectivity index (χ3v) is 7.22. The number of carbonyl (C=O) groups excluding carboxylic acids is 1. The number of hydrogen-bond acceptors (Lipinski definition) is 5.